The Labute approximate surface area is 92.8 Å². The van der Waals surface area contributed by atoms with Crippen molar-refractivity contribution in [2.75, 3.05) is 6.54 Å². The first kappa shape index (κ1) is 13.3. The molecule has 0 saturated heterocycles. The van der Waals surface area contributed by atoms with Gasteiger partial charge < -0.3 is 10.6 Å². The van der Waals surface area contributed by atoms with Crippen LogP contribution >= 0.6 is 0 Å². The lowest BCUT2D eigenvalue weighted by atomic mass is 10.2. The first-order chi connectivity index (χ1) is 7.33. The molecule has 94 valence electrons. The Morgan fingerprint density at radius 3 is 2.56 bits per heavy atom. The van der Waals surface area contributed by atoms with Crippen LogP contribution in [0.3, 0.4) is 0 Å². The second kappa shape index (κ2) is 5.03. The molecule has 1 saturated carbocycles. The number of rotatable bonds is 5. The summed E-state index contributed by atoms with van der Waals surface area (Å²) in [5, 5.41) is 4.87. The van der Waals surface area contributed by atoms with Gasteiger partial charge >= 0.3 is 6.18 Å². The minimum absolute atomic E-state index is 0.289. The van der Waals surface area contributed by atoms with Gasteiger partial charge in [-0.05, 0) is 19.3 Å². The van der Waals surface area contributed by atoms with Gasteiger partial charge in [-0.25, -0.2) is 0 Å². The van der Waals surface area contributed by atoms with Crippen LogP contribution < -0.4 is 10.6 Å². The first-order valence-corrected chi connectivity index (χ1v) is 5.44. The van der Waals surface area contributed by atoms with Crippen LogP contribution in [0.25, 0.3) is 0 Å². The van der Waals surface area contributed by atoms with Gasteiger partial charge in [0.1, 0.15) is 6.54 Å². The molecule has 0 spiro atoms. The van der Waals surface area contributed by atoms with E-state index in [1.165, 1.54) is 0 Å². The molecule has 1 aliphatic carbocycles. The van der Waals surface area contributed by atoms with Crippen LogP contribution in [-0.4, -0.2) is 30.7 Å². The summed E-state index contributed by atoms with van der Waals surface area (Å²) in [7, 11) is 0. The molecule has 6 heteroatoms. The molecule has 0 aromatic carbocycles. The summed E-state index contributed by atoms with van der Waals surface area (Å²) in [6.45, 7) is 2.37. The predicted octanol–water partition coefficient (Wildman–Crippen LogP) is 1.44. The lowest BCUT2D eigenvalue weighted by molar-refractivity contribution is -0.139. The third kappa shape index (κ3) is 4.38. The Morgan fingerprint density at radius 2 is 2.12 bits per heavy atom. The number of alkyl halides is 3. The van der Waals surface area contributed by atoms with Crippen molar-refractivity contribution in [2.45, 2.75) is 44.9 Å². The quantitative estimate of drug-likeness (QED) is 0.761. The van der Waals surface area contributed by atoms with Crippen LogP contribution in [0.5, 0.6) is 0 Å². The van der Waals surface area contributed by atoms with E-state index in [0.29, 0.717) is 5.92 Å². The van der Waals surface area contributed by atoms with Crippen molar-refractivity contribution in [3.63, 3.8) is 0 Å². The van der Waals surface area contributed by atoms with Gasteiger partial charge in [-0.3, -0.25) is 4.79 Å². The molecule has 0 heterocycles. The van der Waals surface area contributed by atoms with E-state index in [2.05, 4.69) is 12.2 Å². The zero-order valence-corrected chi connectivity index (χ0v) is 9.40. The number of amides is 1. The summed E-state index contributed by atoms with van der Waals surface area (Å²) in [5.41, 5.74) is 0. The minimum Gasteiger partial charge on any atom is -0.346 e. The van der Waals surface area contributed by atoms with Gasteiger partial charge in [0.25, 0.3) is 0 Å². The molecule has 3 nitrogen and oxygen atoms in total. The molecule has 0 bridgehead atoms. The Kier molecular flexibility index (Phi) is 4.18. The summed E-state index contributed by atoms with van der Waals surface area (Å²) >= 11 is 0. The first-order valence-electron chi connectivity index (χ1n) is 5.44. The molecular formula is C10H17F3N2O. The number of halogens is 3. The van der Waals surface area contributed by atoms with Crippen molar-refractivity contribution in [2.24, 2.45) is 5.92 Å². The molecule has 0 aliphatic heterocycles. The SMILES string of the molecule is CCC1CC1NC(C)C(=O)NCC(F)(F)F. The largest absolute Gasteiger partial charge is 0.405 e. The van der Waals surface area contributed by atoms with E-state index in [9.17, 15) is 18.0 Å². The minimum atomic E-state index is -4.35. The molecule has 16 heavy (non-hydrogen) atoms. The van der Waals surface area contributed by atoms with Crippen molar-refractivity contribution in [1.29, 1.82) is 0 Å². The molecule has 1 amide bonds. The molecule has 3 atom stereocenters. The maximum atomic E-state index is 11.8. The highest BCUT2D eigenvalue weighted by Crippen LogP contribution is 2.33. The fourth-order valence-electron chi connectivity index (χ4n) is 1.64. The number of hydrogen-bond donors (Lipinski definition) is 2. The van der Waals surface area contributed by atoms with Crippen molar-refractivity contribution in [3.05, 3.63) is 0 Å². The van der Waals surface area contributed by atoms with Gasteiger partial charge in [-0.1, -0.05) is 13.3 Å². The van der Waals surface area contributed by atoms with Crippen LogP contribution in [-0.2, 0) is 4.79 Å². The number of nitrogens with one attached hydrogen (secondary N) is 2. The molecule has 1 rings (SSSR count). The Bertz CT molecular complexity index is 255. The van der Waals surface area contributed by atoms with E-state index >= 15 is 0 Å². The van der Waals surface area contributed by atoms with Gasteiger partial charge in [0.2, 0.25) is 5.91 Å². The summed E-state index contributed by atoms with van der Waals surface area (Å²) in [6.07, 6.45) is -2.30. The fraction of sp³-hybridized carbons (Fsp3) is 0.900. The van der Waals surface area contributed by atoms with E-state index in [0.717, 1.165) is 12.8 Å². The van der Waals surface area contributed by atoms with Crippen LogP contribution in [0.15, 0.2) is 0 Å². The Balaban J connectivity index is 2.21. The lowest BCUT2D eigenvalue weighted by Gasteiger charge is -2.15. The monoisotopic (exact) mass is 238 g/mol. The number of carbonyl (C=O) groups is 1. The highest BCUT2D eigenvalue weighted by molar-refractivity contribution is 5.81. The third-order valence-electron chi connectivity index (χ3n) is 2.77. The van der Waals surface area contributed by atoms with Crippen molar-refractivity contribution >= 4 is 5.91 Å². The summed E-state index contributed by atoms with van der Waals surface area (Å²) < 4.78 is 35.5. The van der Waals surface area contributed by atoms with Crippen LogP contribution in [0.4, 0.5) is 13.2 Å². The van der Waals surface area contributed by atoms with Crippen LogP contribution in [0.2, 0.25) is 0 Å². The van der Waals surface area contributed by atoms with Crippen molar-refractivity contribution in [1.82, 2.24) is 10.6 Å². The summed E-state index contributed by atoms with van der Waals surface area (Å²) in [5.74, 6) is -0.0306. The molecular weight excluding hydrogens is 221 g/mol. The van der Waals surface area contributed by atoms with E-state index in [1.807, 2.05) is 5.32 Å². The normalized spacial score (nSPS) is 26.3. The maximum Gasteiger partial charge on any atom is 0.405 e. The maximum absolute atomic E-state index is 11.8. The number of carbonyl (C=O) groups excluding carboxylic acids is 1. The molecule has 0 radical (unpaired) electrons. The lowest BCUT2D eigenvalue weighted by Crippen LogP contribution is -2.46. The van der Waals surface area contributed by atoms with Gasteiger partial charge in [-0.15, -0.1) is 0 Å². The number of hydrogen-bond acceptors (Lipinski definition) is 2. The topological polar surface area (TPSA) is 41.1 Å². The van der Waals surface area contributed by atoms with Gasteiger partial charge in [0.15, 0.2) is 0 Å². The molecule has 0 aromatic rings. The van der Waals surface area contributed by atoms with E-state index < -0.39 is 24.7 Å². The zero-order chi connectivity index (χ0) is 12.3. The highest BCUT2D eigenvalue weighted by Gasteiger charge is 2.37. The Hall–Kier alpha value is -0.780. The second-order valence-electron chi connectivity index (χ2n) is 4.23. The van der Waals surface area contributed by atoms with E-state index in [-0.39, 0.29) is 6.04 Å². The zero-order valence-electron chi connectivity index (χ0n) is 9.40. The van der Waals surface area contributed by atoms with E-state index in [4.69, 9.17) is 0 Å². The highest BCUT2D eigenvalue weighted by atomic mass is 19.4. The Morgan fingerprint density at radius 1 is 1.50 bits per heavy atom. The smallest absolute Gasteiger partial charge is 0.346 e. The predicted molar refractivity (Wildman–Crippen MR) is 53.8 cm³/mol. The van der Waals surface area contributed by atoms with Crippen LogP contribution in [0.1, 0.15) is 26.7 Å². The van der Waals surface area contributed by atoms with Gasteiger partial charge in [0, 0.05) is 6.04 Å². The van der Waals surface area contributed by atoms with Crippen molar-refractivity contribution in [3.8, 4) is 0 Å². The van der Waals surface area contributed by atoms with Gasteiger partial charge in [-0.2, -0.15) is 13.2 Å². The fourth-order valence-corrected chi connectivity index (χ4v) is 1.64. The van der Waals surface area contributed by atoms with Crippen LogP contribution in [0, 0.1) is 5.92 Å². The average Bonchev–Trinajstić information content (AvgIpc) is 2.91. The second-order valence-corrected chi connectivity index (χ2v) is 4.23. The van der Waals surface area contributed by atoms with Gasteiger partial charge in [0.05, 0.1) is 6.04 Å². The van der Waals surface area contributed by atoms with Crippen molar-refractivity contribution < 1.29 is 18.0 Å². The van der Waals surface area contributed by atoms with E-state index in [1.54, 1.807) is 6.92 Å². The third-order valence-corrected chi connectivity index (χ3v) is 2.77. The molecule has 3 unspecified atom stereocenters. The molecule has 0 aromatic heterocycles. The molecule has 1 aliphatic rings. The standard InChI is InChI=1S/C10H17F3N2O/c1-3-7-4-8(7)15-6(2)9(16)14-5-10(11,12)13/h6-8,15H,3-5H2,1-2H3,(H,14,16). The molecule has 2 N–H and O–H groups in total. The average molecular weight is 238 g/mol. The summed E-state index contributed by atoms with van der Waals surface area (Å²) in [6, 6.07) is -0.277. The summed E-state index contributed by atoms with van der Waals surface area (Å²) in [4.78, 5) is 11.3. The molecule has 1 fully saturated rings.